The lowest BCUT2D eigenvalue weighted by molar-refractivity contribution is 0.121. The van der Waals surface area contributed by atoms with Gasteiger partial charge in [0.05, 0.1) is 0 Å². The van der Waals surface area contributed by atoms with Crippen molar-refractivity contribution in [3.8, 4) is 0 Å². The number of benzene rings is 2. The maximum atomic E-state index is 7.22. The molecule has 0 amide bonds. The third-order valence-electron chi connectivity index (χ3n) is 6.69. The Morgan fingerprint density at radius 3 is 1.34 bits per heavy atom. The monoisotopic (exact) mass is 724 g/mol. The minimum absolute atomic E-state index is 0.468. The van der Waals surface area contributed by atoms with Gasteiger partial charge in [-0.05, 0) is 75.7 Å². The topological polar surface area (TPSA) is 64.6 Å². The molecule has 7 nitrogen and oxygen atoms in total. The van der Waals surface area contributed by atoms with E-state index in [-0.39, 0.29) is 0 Å². The van der Waals surface area contributed by atoms with Gasteiger partial charge < -0.3 is 29.1 Å². The van der Waals surface area contributed by atoms with Gasteiger partial charge in [-0.2, -0.15) is 0 Å². The Bertz CT molecular complexity index is 1220. The minimum atomic E-state index is -3.56. The highest BCUT2D eigenvalue weighted by atomic mass is 28.5. The zero-order valence-corrected chi connectivity index (χ0v) is 36.1. The van der Waals surface area contributed by atoms with E-state index in [4.69, 9.17) is 29.1 Å². The maximum absolute atomic E-state index is 7.22. The molecule has 246 valence electrons. The lowest BCUT2D eigenvalue weighted by Crippen LogP contribution is -2.70. The number of rotatable bonds is 19. The van der Waals surface area contributed by atoms with E-state index >= 15 is 0 Å². The zero-order valence-electron chi connectivity index (χ0n) is 29.1. The molecule has 0 aromatic heterocycles. The van der Waals surface area contributed by atoms with Gasteiger partial charge in [-0.15, -0.1) is 13.2 Å². The third kappa shape index (κ3) is 12.1. The molecule has 0 saturated heterocycles. The summed E-state index contributed by atoms with van der Waals surface area (Å²) in [5.74, 6) is 0. The van der Waals surface area contributed by atoms with E-state index in [0.29, 0.717) is 6.61 Å². The largest absolute Gasteiger partial charge is 0.481 e. The van der Waals surface area contributed by atoms with Crippen LogP contribution in [0.1, 0.15) is 13.3 Å². The smallest absolute Gasteiger partial charge is 0.433 e. The average Bonchev–Trinajstić information content (AvgIpc) is 2.90. The van der Waals surface area contributed by atoms with Crippen LogP contribution in [0.25, 0.3) is 0 Å². The van der Waals surface area contributed by atoms with E-state index in [0.717, 1.165) is 16.8 Å². The molecule has 4 atom stereocenters. The van der Waals surface area contributed by atoms with Gasteiger partial charge in [0.2, 0.25) is 8.32 Å². The summed E-state index contributed by atoms with van der Waals surface area (Å²) in [6, 6.07) is 20.3. The normalized spacial score (nSPS) is 18.4. The molecule has 0 aliphatic carbocycles. The lowest BCUT2D eigenvalue weighted by Gasteiger charge is -2.46. The molecule has 2 aromatic carbocycles. The molecule has 44 heavy (non-hydrogen) atoms. The number of hydrogen-bond donors (Lipinski definition) is 0. The van der Waals surface area contributed by atoms with Crippen molar-refractivity contribution in [2.45, 2.75) is 85.4 Å². The molecule has 0 fully saturated rings. The van der Waals surface area contributed by atoms with Crippen LogP contribution >= 0.6 is 0 Å². The SMILES string of the molecule is C=C[Si](C)(C)O[Si](C)(O[Si](C)(OCCC)O[Si](C)(O[Si](C)(C)C=C)c1ccccc1)O[Si](C)(O[Si](C)(C)C)c1ccccc1. The Morgan fingerprint density at radius 1 is 0.523 bits per heavy atom. The van der Waals surface area contributed by atoms with Crippen molar-refractivity contribution in [3.63, 3.8) is 0 Å². The molecular weight excluding hydrogens is 669 g/mol. The van der Waals surface area contributed by atoms with E-state index in [1.807, 2.05) is 60.9 Å². The van der Waals surface area contributed by atoms with Crippen molar-refractivity contribution < 1.29 is 29.1 Å². The molecule has 0 spiro atoms. The molecular formula is C30H56O7Si7. The summed E-state index contributed by atoms with van der Waals surface area (Å²) < 4.78 is 49.0. The molecule has 14 heteroatoms. The Labute approximate surface area is 275 Å². The molecule has 0 aliphatic heterocycles. The van der Waals surface area contributed by atoms with E-state index in [1.54, 1.807) is 0 Å². The highest BCUT2D eigenvalue weighted by molar-refractivity contribution is 6.97. The second kappa shape index (κ2) is 15.4. The summed E-state index contributed by atoms with van der Waals surface area (Å²) in [6.07, 6.45) is 0.800. The maximum Gasteiger partial charge on any atom is 0.481 e. The lowest BCUT2D eigenvalue weighted by atomic mass is 10.4. The van der Waals surface area contributed by atoms with Gasteiger partial charge in [-0.1, -0.05) is 79.0 Å². The van der Waals surface area contributed by atoms with E-state index in [9.17, 15) is 0 Å². The van der Waals surface area contributed by atoms with Crippen LogP contribution in [-0.4, -0.2) is 66.3 Å². The Morgan fingerprint density at radius 2 is 0.932 bits per heavy atom. The fourth-order valence-corrected chi connectivity index (χ4v) is 34.2. The van der Waals surface area contributed by atoms with Gasteiger partial charge in [-0.25, -0.2) is 0 Å². The fraction of sp³-hybridized carbons (Fsp3) is 0.467. The Balaban J connectivity index is 2.71. The summed E-state index contributed by atoms with van der Waals surface area (Å²) in [5, 5.41) is 2.03. The van der Waals surface area contributed by atoms with Crippen LogP contribution in [0.5, 0.6) is 0 Å². The first kappa shape index (κ1) is 39.3. The van der Waals surface area contributed by atoms with Crippen LogP contribution in [-0.2, 0) is 29.1 Å². The number of hydrogen-bond acceptors (Lipinski definition) is 7. The van der Waals surface area contributed by atoms with Gasteiger partial charge in [-0.3, -0.25) is 0 Å². The molecule has 0 aliphatic rings. The Kier molecular flexibility index (Phi) is 13.7. The quantitative estimate of drug-likeness (QED) is 0.141. The predicted molar refractivity (Wildman–Crippen MR) is 200 cm³/mol. The van der Waals surface area contributed by atoms with Gasteiger partial charge in [0.25, 0.3) is 0 Å². The molecule has 0 bridgehead atoms. The molecule has 2 rings (SSSR count). The van der Waals surface area contributed by atoms with Crippen LogP contribution < -0.4 is 10.4 Å². The molecule has 0 N–H and O–H groups in total. The minimum Gasteiger partial charge on any atom is -0.433 e. The highest BCUT2D eigenvalue weighted by Crippen LogP contribution is 2.31. The van der Waals surface area contributed by atoms with E-state index in [2.05, 4.69) is 103 Å². The van der Waals surface area contributed by atoms with Crippen LogP contribution in [0.2, 0.25) is 72.0 Å². The summed E-state index contributed by atoms with van der Waals surface area (Å²) in [4.78, 5) is 0. The van der Waals surface area contributed by atoms with Crippen molar-refractivity contribution in [2.24, 2.45) is 0 Å². The first-order valence-corrected chi connectivity index (χ1v) is 33.8. The summed E-state index contributed by atoms with van der Waals surface area (Å²) in [7, 11) is -20.0. The summed E-state index contributed by atoms with van der Waals surface area (Å²) in [5.41, 5.74) is 3.84. The third-order valence-corrected chi connectivity index (χ3v) is 32.5. The summed E-state index contributed by atoms with van der Waals surface area (Å²) >= 11 is 0. The fourth-order valence-electron chi connectivity index (χ4n) is 4.88. The van der Waals surface area contributed by atoms with Gasteiger partial charge in [0.15, 0.2) is 16.6 Å². The molecule has 2 aromatic rings. The van der Waals surface area contributed by atoms with E-state index < -0.39 is 59.7 Å². The van der Waals surface area contributed by atoms with Crippen LogP contribution in [0.15, 0.2) is 85.2 Å². The van der Waals surface area contributed by atoms with Crippen molar-refractivity contribution in [2.75, 3.05) is 6.61 Å². The molecule has 0 saturated carbocycles. The standard InChI is InChI=1S/C30H56O7Si7/c1-15-28-31-43(13,35-42(12,33-39(7,8)16-2)30-26-22-19-23-27-30)37-44(14,34-40(9,10)17-3)36-41(11,32-38(4,5)6)29-24-20-18-21-25-29/h16-27H,2-3,15,28H2,1,4-14H3. The van der Waals surface area contributed by atoms with Crippen molar-refractivity contribution >= 4 is 70.1 Å². The average molecular weight is 725 g/mol. The predicted octanol–water partition coefficient (Wildman–Crippen LogP) is 7.30. The van der Waals surface area contributed by atoms with Crippen molar-refractivity contribution in [3.05, 3.63) is 85.2 Å². The first-order chi connectivity index (χ1) is 20.1. The van der Waals surface area contributed by atoms with Gasteiger partial charge in [0, 0.05) is 19.7 Å². The Hall–Kier alpha value is -0.842. The van der Waals surface area contributed by atoms with Gasteiger partial charge >= 0.3 is 34.7 Å². The van der Waals surface area contributed by atoms with Crippen molar-refractivity contribution in [1.82, 2.24) is 0 Å². The molecule has 4 unspecified atom stereocenters. The summed E-state index contributed by atoms with van der Waals surface area (Å²) in [6.45, 7) is 33.8. The second-order valence-electron chi connectivity index (χ2n) is 13.5. The van der Waals surface area contributed by atoms with E-state index in [1.165, 1.54) is 0 Å². The highest BCUT2D eigenvalue weighted by Gasteiger charge is 2.58. The van der Waals surface area contributed by atoms with Crippen LogP contribution in [0.4, 0.5) is 0 Å². The first-order valence-electron chi connectivity index (χ1n) is 15.4. The molecule has 0 radical (unpaired) electrons. The zero-order chi connectivity index (χ0) is 33.5. The van der Waals surface area contributed by atoms with Gasteiger partial charge in [0.1, 0.15) is 0 Å². The second-order valence-corrected chi connectivity index (χ2v) is 38.6. The van der Waals surface area contributed by atoms with Crippen molar-refractivity contribution in [1.29, 1.82) is 0 Å². The van der Waals surface area contributed by atoms with Crippen LogP contribution in [0.3, 0.4) is 0 Å². The molecule has 0 heterocycles. The van der Waals surface area contributed by atoms with Crippen LogP contribution in [0, 0.1) is 0 Å².